The second kappa shape index (κ2) is 9.26. The van der Waals surface area contributed by atoms with Crippen LogP contribution >= 0.6 is 23.1 Å². The van der Waals surface area contributed by atoms with Gasteiger partial charge < -0.3 is 5.32 Å². The van der Waals surface area contributed by atoms with Crippen LogP contribution in [0.2, 0.25) is 0 Å². The molecule has 0 aliphatic carbocycles. The molecule has 1 aliphatic rings. The monoisotopic (exact) mass is 377 g/mol. The Kier molecular flexibility index (Phi) is 6.77. The van der Waals surface area contributed by atoms with Gasteiger partial charge in [-0.2, -0.15) is 0 Å². The zero-order valence-corrected chi connectivity index (χ0v) is 16.0. The largest absolute Gasteiger partial charge is 0.354 e. The number of carbonyl (C=O) groups is 1. The Hall–Kier alpha value is -1.51. The Morgan fingerprint density at radius 2 is 2.24 bits per heavy atom. The molecule has 3 rings (SSSR count). The van der Waals surface area contributed by atoms with E-state index >= 15 is 0 Å². The highest BCUT2D eigenvalue weighted by Crippen LogP contribution is 2.25. The third-order valence-electron chi connectivity index (χ3n) is 4.11. The van der Waals surface area contributed by atoms with Gasteiger partial charge in [0.2, 0.25) is 5.91 Å². The smallest absolute Gasteiger partial charge is 0.242 e. The van der Waals surface area contributed by atoms with Crippen molar-refractivity contribution in [3.05, 3.63) is 35.1 Å². The second-order valence-corrected chi connectivity index (χ2v) is 8.54. The Morgan fingerprint density at radius 3 is 2.92 bits per heavy atom. The van der Waals surface area contributed by atoms with Crippen LogP contribution in [0.15, 0.2) is 28.9 Å². The molecule has 1 fully saturated rings. The number of carbonyl (C=O) groups excluding carboxylic acids is 1. The minimum absolute atomic E-state index is 0.0756. The third kappa shape index (κ3) is 5.23. The number of pyridine rings is 1. The van der Waals surface area contributed by atoms with Gasteiger partial charge in [-0.05, 0) is 50.9 Å². The van der Waals surface area contributed by atoms with Crippen LogP contribution in [-0.4, -0.2) is 51.4 Å². The summed E-state index contributed by atoms with van der Waals surface area (Å²) in [6.45, 7) is 4.57. The number of aryl methyl sites for hydroxylation is 1. The van der Waals surface area contributed by atoms with Crippen molar-refractivity contribution >= 4 is 29.0 Å². The first-order valence-corrected chi connectivity index (χ1v) is 10.4. The minimum Gasteiger partial charge on any atom is -0.354 e. The molecule has 0 bridgehead atoms. The van der Waals surface area contributed by atoms with E-state index in [1.807, 2.05) is 19.1 Å². The van der Waals surface area contributed by atoms with Gasteiger partial charge in [-0.25, -0.2) is 0 Å². The van der Waals surface area contributed by atoms with Gasteiger partial charge in [0, 0.05) is 24.7 Å². The van der Waals surface area contributed by atoms with Gasteiger partial charge in [-0.1, -0.05) is 29.2 Å². The summed E-state index contributed by atoms with van der Waals surface area (Å²) in [7, 11) is 0. The standard InChI is InChI=1S/C17H23N5OS2/c1-13-20-21-17(25-13)24-11-5-8-19-16(23)15(22-9-2-3-10-22)14-6-4-7-18-12-14/h4,6-7,12,15H,2-3,5,8-11H2,1H3,(H,19,23)/t15-/m0/s1. The summed E-state index contributed by atoms with van der Waals surface area (Å²) in [6.07, 6.45) is 6.77. The van der Waals surface area contributed by atoms with Crippen LogP contribution < -0.4 is 5.32 Å². The Labute approximate surface area is 156 Å². The van der Waals surface area contributed by atoms with Crippen LogP contribution in [0.25, 0.3) is 0 Å². The zero-order chi connectivity index (χ0) is 17.5. The van der Waals surface area contributed by atoms with Crippen molar-refractivity contribution in [2.75, 3.05) is 25.4 Å². The number of thioether (sulfide) groups is 1. The van der Waals surface area contributed by atoms with Crippen molar-refractivity contribution in [1.82, 2.24) is 25.4 Å². The molecule has 1 amide bonds. The zero-order valence-electron chi connectivity index (χ0n) is 14.4. The van der Waals surface area contributed by atoms with Crippen molar-refractivity contribution in [2.24, 2.45) is 0 Å². The fraction of sp³-hybridized carbons (Fsp3) is 0.529. The highest BCUT2D eigenvalue weighted by atomic mass is 32.2. The molecule has 1 aliphatic heterocycles. The molecule has 0 radical (unpaired) electrons. The van der Waals surface area contributed by atoms with E-state index in [1.54, 1.807) is 35.5 Å². The molecular weight excluding hydrogens is 354 g/mol. The van der Waals surface area contributed by atoms with E-state index in [1.165, 1.54) is 0 Å². The number of hydrogen-bond donors (Lipinski definition) is 1. The Morgan fingerprint density at radius 1 is 1.40 bits per heavy atom. The van der Waals surface area contributed by atoms with Gasteiger partial charge in [0.1, 0.15) is 11.0 Å². The van der Waals surface area contributed by atoms with Crippen molar-refractivity contribution in [1.29, 1.82) is 0 Å². The number of likely N-dealkylation sites (tertiary alicyclic amines) is 1. The van der Waals surface area contributed by atoms with E-state index in [0.29, 0.717) is 6.54 Å². The van der Waals surface area contributed by atoms with Crippen LogP contribution in [0.4, 0.5) is 0 Å². The fourth-order valence-corrected chi connectivity index (χ4v) is 4.77. The summed E-state index contributed by atoms with van der Waals surface area (Å²) in [5, 5.41) is 12.2. The quantitative estimate of drug-likeness (QED) is 0.563. The molecule has 0 unspecified atom stereocenters. The van der Waals surface area contributed by atoms with E-state index in [4.69, 9.17) is 0 Å². The Bertz CT molecular complexity index is 673. The average Bonchev–Trinajstić information content (AvgIpc) is 3.28. The summed E-state index contributed by atoms with van der Waals surface area (Å²) in [4.78, 5) is 19.2. The molecule has 2 aromatic rings. The van der Waals surface area contributed by atoms with Gasteiger partial charge in [0.25, 0.3) is 0 Å². The SMILES string of the molecule is Cc1nnc(SCCCNC(=O)[C@H](c2cccnc2)N2CCCC2)s1. The molecule has 8 heteroatoms. The Balaban J connectivity index is 1.48. The lowest BCUT2D eigenvalue weighted by Crippen LogP contribution is -2.39. The van der Waals surface area contributed by atoms with Crippen LogP contribution in [0, 0.1) is 6.92 Å². The van der Waals surface area contributed by atoms with Gasteiger partial charge in [0.05, 0.1) is 0 Å². The lowest BCUT2D eigenvalue weighted by Gasteiger charge is -2.26. The number of nitrogens with zero attached hydrogens (tertiary/aromatic N) is 4. The number of amides is 1. The van der Waals surface area contributed by atoms with E-state index in [0.717, 1.165) is 53.0 Å². The lowest BCUT2D eigenvalue weighted by molar-refractivity contribution is -0.126. The summed E-state index contributed by atoms with van der Waals surface area (Å²) < 4.78 is 0.995. The maximum atomic E-state index is 12.8. The maximum Gasteiger partial charge on any atom is 0.242 e. The summed E-state index contributed by atoms with van der Waals surface area (Å²) in [5.74, 6) is 1.00. The van der Waals surface area contributed by atoms with Crippen molar-refractivity contribution in [3.63, 3.8) is 0 Å². The van der Waals surface area contributed by atoms with Crippen LogP contribution in [-0.2, 0) is 4.79 Å². The average molecular weight is 378 g/mol. The van der Waals surface area contributed by atoms with Gasteiger partial charge >= 0.3 is 0 Å². The molecule has 0 spiro atoms. The molecule has 2 aromatic heterocycles. The van der Waals surface area contributed by atoms with Gasteiger partial charge in [-0.15, -0.1) is 10.2 Å². The molecule has 25 heavy (non-hydrogen) atoms. The van der Waals surface area contributed by atoms with Crippen molar-refractivity contribution in [3.8, 4) is 0 Å². The highest BCUT2D eigenvalue weighted by Gasteiger charge is 2.29. The van der Waals surface area contributed by atoms with Crippen molar-refractivity contribution < 1.29 is 4.79 Å². The third-order valence-corrected chi connectivity index (χ3v) is 6.17. The fourth-order valence-electron chi connectivity index (χ4n) is 2.94. The molecule has 1 saturated heterocycles. The van der Waals surface area contributed by atoms with Crippen LogP contribution in [0.3, 0.4) is 0 Å². The molecule has 134 valence electrons. The molecule has 0 saturated carbocycles. The predicted octanol–water partition coefficient (Wildman–Crippen LogP) is 2.68. The highest BCUT2D eigenvalue weighted by molar-refractivity contribution is 8.01. The molecule has 3 heterocycles. The van der Waals surface area contributed by atoms with Crippen molar-refractivity contribution in [2.45, 2.75) is 36.6 Å². The molecular formula is C17H23N5OS2. The van der Waals surface area contributed by atoms with E-state index in [2.05, 4.69) is 25.4 Å². The first-order valence-electron chi connectivity index (χ1n) is 8.58. The first kappa shape index (κ1) is 18.3. The van der Waals surface area contributed by atoms with E-state index in [-0.39, 0.29) is 11.9 Å². The number of rotatable bonds is 8. The molecule has 6 nitrogen and oxygen atoms in total. The maximum absolute atomic E-state index is 12.8. The topological polar surface area (TPSA) is 71.0 Å². The first-order chi connectivity index (χ1) is 12.2. The normalized spacial score (nSPS) is 16.0. The molecule has 1 atom stereocenters. The predicted molar refractivity (Wildman–Crippen MR) is 101 cm³/mol. The van der Waals surface area contributed by atoms with E-state index in [9.17, 15) is 4.79 Å². The lowest BCUT2D eigenvalue weighted by atomic mass is 10.1. The number of nitrogens with one attached hydrogen (secondary N) is 1. The summed E-state index contributed by atoms with van der Waals surface area (Å²) in [6, 6.07) is 3.66. The van der Waals surface area contributed by atoms with E-state index < -0.39 is 0 Å². The van der Waals surface area contributed by atoms with Gasteiger partial charge in [0.15, 0.2) is 4.34 Å². The van der Waals surface area contributed by atoms with Gasteiger partial charge in [-0.3, -0.25) is 14.7 Å². The van der Waals surface area contributed by atoms with Crippen LogP contribution in [0.1, 0.15) is 35.9 Å². The summed E-state index contributed by atoms with van der Waals surface area (Å²) >= 11 is 3.31. The summed E-state index contributed by atoms with van der Waals surface area (Å²) in [5.41, 5.74) is 0.973. The minimum atomic E-state index is -0.227. The number of aromatic nitrogens is 3. The molecule has 1 N–H and O–H groups in total. The number of hydrogen-bond acceptors (Lipinski definition) is 7. The molecule has 0 aromatic carbocycles. The van der Waals surface area contributed by atoms with Crippen LogP contribution in [0.5, 0.6) is 0 Å². The second-order valence-electron chi connectivity index (χ2n) is 6.01.